The molecule has 1 N–H and O–H groups in total. The number of nitro benzene ring substituents is 1. The van der Waals surface area contributed by atoms with E-state index in [2.05, 4.69) is 0 Å². The molecule has 7 heteroatoms. The summed E-state index contributed by atoms with van der Waals surface area (Å²) in [5, 5.41) is 12.5. The van der Waals surface area contributed by atoms with Crippen LogP contribution in [0, 0.1) is 10.1 Å². The molecular weight excluding hydrogens is 312 g/mol. The van der Waals surface area contributed by atoms with Gasteiger partial charge in [0, 0.05) is 35.4 Å². The van der Waals surface area contributed by atoms with Gasteiger partial charge in [-0.3, -0.25) is 29.8 Å². The molecule has 0 saturated heterocycles. The molecule has 3 rings (SSSR count). The van der Waals surface area contributed by atoms with E-state index in [1.165, 1.54) is 36.4 Å². The van der Waals surface area contributed by atoms with E-state index >= 15 is 0 Å². The van der Waals surface area contributed by atoms with Crippen LogP contribution in [0.25, 0.3) is 0 Å². The highest BCUT2D eigenvalue weighted by atomic mass is 16.6. The third-order valence-electron chi connectivity index (χ3n) is 3.01. The molecule has 7 nitrogen and oxygen atoms in total. The summed E-state index contributed by atoms with van der Waals surface area (Å²) >= 11 is 0. The van der Waals surface area contributed by atoms with Crippen LogP contribution >= 0.6 is 0 Å². The average Bonchev–Trinajstić information content (AvgIpc) is 2.98. The first-order valence-electron chi connectivity index (χ1n) is 6.84. The number of ketones is 1. The lowest BCUT2D eigenvalue weighted by Gasteiger charge is -2.00. The average molecular weight is 324 g/mol. The molecule has 24 heavy (non-hydrogen) atoms. The first-order valence-corrected chi connectivity index (χ1v) is 6.84. The maximum absolute atomic E-state index is 12.0. The van der Waals surface area contributed by atoms with Gasteiger partial charge in [0.05, 0.1) is 4.92 Å². The van der Waals surface area contributed by atoms with Crippen LogP contribution in [-0.2, 0) is 9.59 Å². The van der Waals surface area contributed by atoms with Gasteiger partial charge < -0.3 is 0 Å². The SMILES string of the molecule is O=C(c1ccccc1)c1ccc([N+](=O)[O-])cc1.O=C1C=CC(=O)N1. The molecule has 0 saturated carbocycles. The van der Waals surface area contributed by atoms with Crippen molar-refractivity contribution in [3.63, 3.8) is 0 Å². The van der Waals surface area contributed by atoms with E-state index in [1.54, 1.807) is 24.3 Å². The number of hydrogen-bond donors (Lipinski definition) is 1. The summed E-state index contributed by atoms with van der Waals surface area (Å²) in [6, 6.07) is 14.4. The first kappa shape index (κ1) is 16.8. The Kier molecular flexibility index (Phi) is 5.30. The van der Waals surface area contributed by atoms with Crippen molar-refractivity contribution in [1.29, 1.82) is 0 Å². The summed E-state index contributed by atoms with van der Waals surface area (Å²) < 4.78 is 0. The third kappa shape index (κ3) is 4.44. The van der Waals surface area contributed by atoms with E-state index in [0.29, 0.717) is 11.1 Å². The number of nitrogens with zero attached hydrogens (tertiary/aromatic N) is 1. The van der Waals surface area contributed by atoms with Gasteiger partial charge in [-0.25, -0.2) is 0 Å². The molecule has 0 spiro atoms. The summed E-state index contributed by atoms with van der Waals surface area (Å²) in [6.07, 6.45) is 2.39. The van der Waals surface area contributed by atoms with Gasteiger partial charge in [-0.05, 0) is 12.1 Å². The Bertz CT molecular complexity index is 795. The number of carbonyl (C=O) groups is 3. The third-order valence-corrected chi connectivity index (χ3v) is 3.01. The molecule has 1 heterocycles. The number of carbonyl (C=O) groups excluding carboxylic acids is 3. The highest BCUT2D eigenvalue weighted by molar-refractivity contribution is 6.12. The van der Waals surface area contributed by atoms with Crippen molar-refractivity contribution < 1.29 is 19.3 Å². The fraction of sp³-hybridized carbons (Fsp3) is 0. The number of hydrogen-bond acceptors (Lipinski definition) is 5. The summed E-state index contributed by atoms with van der Waals surface area (Å²) in [4.78, 5) is 42.0. The lowest BCUT2D eigenvalue weighted by molar-refractivity contribution is -0.384. The standard InChI is InChI=1S/C13H9NO3.C4H3NO2/c15-13(10-4-2-1-3-5-10)11-6-8-12(9-7-11)14(16)17;6-3-1-2-4(7)5-3/h1-9H;1-2H,(H,5,6,7). The molecule has 2 aromatic carbocycles. The molecular formula is C17H12N2O5. The molecule has 1 aliphatic rings. The summed E-state index contributed by atoms with van der Waals surface area (Å²) in [6.45, 7) is 0. The molecule has 1 aliphatic heterocycles. The maximum atomic E-state index is 12.0. The van der Waals surface area contributed by atoms with Crippen LogP contribution in [0.3, 0.4) is 0 Å². The van der Waals surface area contributed by atoms with Crippen molar-refractivity contribution in [1.82, 2.24) is 5.32 Å². The minimum Gasteiger partial charge on any atom is -0.289 e. The fourth-order valence-corrected chi connectivity index (χ4v) is 1.85. The zero-order valence-corrected chi connectivity index (χ0v) is 12.3. The van der Waals surface area contributed by atoms with Crippen molar-refractivity contribution in [3.8, 4) is 0 Å². The number of imide groups is 1. The number of nitro groups is 1. The Labute approximate surface area is 136 Å². The Hall–Kier alpha value is -3.61. The number of benzene rings is 2. The summed E-state index contributed by atoms with van der Waals surface area (Å²) in [5.41, 5.74) is 0.998. The molecule has 2 aromatic rings. The van der Waals surface area contributed by atoms with Crippen LogP contribution in [0.2, 0.25) is 0 Å². The van der Waals surface area contributed by atoms with Gasteiger partial charge >= 0.3 is 0 Å². The van der Waals surface area contributed by atoms with Gasteiger partial charge in [0.25, 0.3) is 17.5 Å². The normalized spacial score (nSPS) is 12.2. The van der Waals surface area contributed by atoms with Gasteiger partial charge in [-0.2, -0.15) is 0 Å². The molecule has 2 amide bonds. The van der Waals surface area contributed by atoms with E-state index in [1.807, 2.05) is 11.4 Å². The van der Waals surface area contributed by atoms with Gasteiger partial charge in [-0.15, -0.1) is 0 Å². The van der Waals surface area contributed by atoms with E-state index < -0.39 is 4.92 Å². The van der Waals surface area contributed by atoms with Gasteiger partial charge in [0.2, 0.25) is 0 Å². The fourth-order valence-electron chi connectivity index (χ4n) is 1.85. The monoisotopic (exact) mass is 324 g/mol. The molecule has 0 aliphatic carbocycles. The van der Waals surface area contributed by atoms with Crippen LogP contribution in [0.15, 0.2) is 66.7 Å². The Balaban J connectivity index is 0.000000249. The molecule has 0 radical (unpaired) electrons. The van der Waals surface area contributed by atoms with Crippen LogP contribution in [0.1, 0.15) is 15.9 Å². The second-order valence-electron chi connectivity index (χ2n) is 4.69. The van der Waals surface area contributed by atoms with Crippen LogP contribution in [0.4, 0.5) is 5.69 Å². The molecule has 0 fully saturated rings. The zero-order valence-electron chi connectivity index (χ0n) is 12.3. The topological polar surface area (TPSA) is 106 Å². The van der Waals surface area contributed by atoms with Gasteiger partial charge in [0.15, 0.2) is 5.78 Å². The van der Waals surface area contributed by atoms with Crippen molar-refractivity contribution in [2.75, 3.05) is 0 Å². The smallest absolute Gasteiger partial charge is 0.269 e. The lowest BCUT2D eigenvalue weighted by atomic mass is 10.0. The van der Waals surface area contributed by atoms with Gasteiger partial charge in [0.1, 0.15) is 0 Å². The molecule has 0 bridgehead atoms. The molecule has 0 aromatic heterocycles. The van der Waals surface area contributed by atoms with Gasteiger partial charge in [-0.1, -0.05) is 30.3 Å². The van der Waals surface area contributed by atoms with Crippen LogP contribution < -0.4 is 5.32 Å². The van der Waals surface area contributed by atoms with Crippen molar-refractivity contribution in [2.45, 2.75) is 0 Å². The molecule has 0 unspecified atom stereocenters. The number of rotatable bonds is 3. The quantitative estimate of drug-likeness (QED) is 0.402. The molecule has 0 atom stereocenters. The number of non-ortho nitro benzene ring substituents is 1. The van der Waals surface area contributed by atoms with E-state index in [9.17, 15) is 24.5 Å². The van der Waals surface area contributed by atoms with Crippen LogP contribution in [0.5, 0.6) is 0 Å². The van der Waals surface area contributed by atoms with Crippen molar-refractivity contribution >= 4 is 23.3 Å². The summed E-state index contributed by atoms with van der Waals surface area (Å²) in [5.74, 6) is -0.796. The zero-order chi connectivity index (χ0) is 17.5. The lowest BCUT2D eigenvalue weighted by Crippen LogP contribution is -2.19. The second-order valence-corrected chi connectivity index (χ2v) is 4.69. The Morgan fingerprint density at radius 2 is 1.33 bits per heavy atom. The minimum atomic E-state index is -0.489. The summed E-state index contributed by atoms with van der Waals surface area (Å²) in [7, 11) is 0. The number of nitrogens with one attached hydrogen (secondary N) is 1. The van der Waals surface area contributed by atoms with Crippen LogP contribution in [-0.4, -0.2) is 22.5 Å². The predicted octanol–water partition coefficient (Wildman–Crippen LogP) is 2.02. The minimum absolute atomic E-state index is 0.0189. The largest absolute Gasteiger partial charge is 0.289 e. The van der Waals surface area contributed by atoms with E-state index in [0.717, 1.165) is 0 Å². The number of amides is 2. The second kappa shape index (κ2) is 7.59. The van der Waals surface area contributed by atoms with E-state index in [-0.39, 0.29) is 23.3 Å². The van der Waals surface area contributed by atoms with Crippen molar-refractivity contribution in [3.05, 3.63) is 88.0 Å². The van der Waals surface area contributed by atoms with Crippen molar-refractivity contribution in [2.24, 2.45) is 0 Å². The Morgan fingerprint density at radius 3 is 1.75 bits per heavy atom. The predicted molar refractivity (Wildman–Crippen MR) is 85.3 cm³/mol. The Morgan fingerprint density at radius 1 is 0.833 bits per heavy atom. The highest BCUT2D eigenvalue weighted by Crippen LogP contribution is 2.15. The highest BCUT2D eigenvalue weighted by Gasteiger charge is 2.10. The molecule has 120 valence electrons. The first-order chi connectivity index (χ1) is 11.5. The van der Waals surface area contributed by atoms with E-state index in [4.69, 9.17) is 0 Å². The maximum Gasteiger partial charge on any atom is 0.269 e.